The lowest BCUT2D eigenvalue weighted by Crippen LogP contribution is -2.63. The normalized spacial score (nSPS) is 24.4. The number of carbonyl (C=O) groups is 1. The first-order valence-electron chi connectivity index (χ1n) is 10.5. The molecule has 192 valence electrons. The number of aliphatic hydroxyl groups excluding tert-OH is 3. The van der Waals surface area contributed by atoms with Crippen molar-refractivity contribution in [3.8, 4) is 5.75 Å². The number of methoxy groups -OCH3 is 1. The number of nitrogens with zero attached hydrogens (tertiary/aromatic N) is 2. The van der Waals surface area contributed by atoms with Crippen molar-refractivity contribution in [2.75, 3.05) is 12.0 Å². The Labute approximate surface area is 207 Å². The average molecular weight is 529 g/mol. The van der Waals surface area contributed by atoms with Crippen LogP contribution in [0.25, 0.3) is 10.9 Å². The van der Waals surface area contributed by atoms with Gasteiger partial charge in [0.15, 0.2) is 12.3 Å². The second-order valence-corrected chi connectivity index (χ2v) is 8.24. The van der Waals surface area contributed by atoms with Gasteiger partial charge < -0.3 is 29.5 Å². The molecule has 3 N–H and O–H groups in total. The number of para-hydroxylation sites is 1. The SMILES string of the molecule is COC(=O)[C@H]1O[C@@H](N(c2ccc(OC(F)(F)F)cc2)c2ccc3cccc(Cl)c3n2)[C@H](O)[C@@H](O)[C@@H]1O. The van der Waals surface area contributed by atoms with Gasteiger partial charge in [0, 0.05) is 11.1 Å². The van der Waals surface area contributed by atoms with Gasteiger partial charge in [-0.3, -0.25) is 4.90 Å². The van der Waals surface area contributed by atoms with Crippen LogP contribution < -0.4 is 9.64 Å². The minimum absolute atomic E-state index is 0.108. The summed E-state index contributed by atoms with van der Waals surface area (Å²) < 4.78 is 52.1. The van der Waals surface area contributed by atoms with E-state index in [-0.39, 0.29) is 11.5 Å². The van der Waals surface area contributed by atoms with Crippen molar-refractivity contribution in [1.82, 2.24) is 4.98 Å². The summed E-state index contributed by atoms with van der Waals surface area (Å²) in [6, 6.07) is 12.8. The maximum Gasteiger partial charge on any atom is 0.573 e. The van der Waals surface area contributed by atoms with Crippen LogP contribution in [0.15, 0.2) is 54.6 Å². The van der Waals surface area contributed by atoms with E-state index in [9.17, 15) is 33.3 Å². The molecule has 0 unspecified atom stereocenters. The number of hydrogen-bond donors (Lipinski definition) is 3. The number of pyridine rings is 1. The quantitative estimate of drug-likeness (QED) is 0.429. The molecule has 4 rings (SSSR count). The molecule has 36 heavy (non-hydrogen) atoms. The Morgan fingerprint density at radius 2 is 1.72 bits per heavy atom. The molecule has 0 spiro atoms. The molecule has 0 aliphatic carbocycles. The van der Waals surface area contributed by atoms with Gasteiger partial charge in [-0.25, -0.2) is 9.78 Å². The van der Waals surface area contributed by atoms with Crippen LogP contribution in [0.2, 0.25) is 5.02 Å². The number of anilines is 2. The van der Waals surface area contributed by atoms with Crippen LogP contribution in [0.1, 0.15) is 0 Å². The summed E-state index contributed by atoms with van der Waals surface area (Å²) in [5, 5.41) is 32.5. The van der Waals surface area contributed by atoms with E-state index >= 15 is 0 Å². The van der Waals surface area contributed by atoms with E-state index in [1.165, 1.54) is 23.1 Å². The number of fused-ring (bicyclic) bond motifs is 1. The number of aromatic nitrogens is 1. The van der Waals surface area contributed by atoms with E-state index in [0.29, 0.717) is 15.9 Å². The van der Waals surface area contributed by atoms with Crippen molar-refractivity contribution < 1.29 is 47.5 Å². The monoisotopic (exact) mass is 528 g/mol. The van der Waals surface area contributed by atoms with Crippen LogP contribution in [0.5, 0.6) is 5.75 Å². The van der Waals surface area contributed by atoms with Crippen LogP contribution in [0.3, 0.4) is 0 Å². The van der Waals surface area contributed by atoms with Gasteiger partial charge in [0.25, 0.3) is 0 Å². The highest BCUT2D eigenvalue weighted by atomic mass is 35.5. The lowest BCUT2D eigenvalue weighted by atomic mass is 9.97. The average Bonchev–Trinajstić information content (AvgIpc) is 2.84. The molecule has 1 aliphatic rings. The number of benzene rings is 2. The smallest absolute Gasteiger partial charge is 0.467 e. The van der Waals surface area contributed by atoms with Gasteiger partial charge in [-0.2, -0.15) is 0 Å². The van der Waals surface area contributed by atoms with E-state index < -0.39 is 48.7 Å². The Kier molecular flexibility index (Phi) is 7.25. The van der Waals surface area contributed by atoms with Gasteiger partial charge in [0.05, 0.1) is 17.6 Å². The standard InChI is InChI=1S/C23H20ClF3N2O7/c1-34-22(33)20-18(31)17(30)19(32)21(35-20)29(12-6-8-13(9-7-12)36-23(25,26)27)15-10-5-11-3-2-4-14(24)16(11)28-15/h2-10,17-21,30-32H,1H3/t17-,18-,19+,20-,21+/m0/s1. The molecular formula is C23H20ClF3N2O7. The summed E-state index contributed by atoms with van der Waals surface area (Å²) in [6.07, 6.45) is -13.6. The maximum absolute atomic E-state index is 12.6. The number of halogens is 4. The number of esters is 1. The highest BCUT2D eigenvalue weighted by Gasteiger charge is 2.50. The van der Waals surface area contributed by atoms with E-state index in [1.807, 2.05) is 0 Å². The van der Waals surface area contributed by atoms with Crippen molar-refractivity contribution in [2.45, 2.75) is 37.0 Å². The van der Waals surface area contributed by atoms with Crippen molar-refractivity contribution in [3.05, 3.63) is 59.6 Å². The Bertz CT molecular complexity index is 1240. The summed E-state index contributed by atoms with van der Waals surface area (Å²) in [5.74, 6) is -1.41. The van der Waals surface area contributed by atoms with Crippen molar-refractivity contribution >= 4 is 40.0 Å². The molecule has 3 aromatic rings. The summed E-state index contributed by atoms with van der Waals surface area (Å²) in [6.45, 7) is 0. The van der Waals surface area contributed by atoms with E-state index in [4.69, 9.17) is 16.3 Å². The van der Waals surface area contributed by atoms with E-state index in [1.54, 1.807) is 24.3 Å². The number of ether oxygens (including phenoxy) is 3. The fraction of sp³-hybridized carbons (Fsp3) is 0.304. The summed E-state index contributed by atoms with van der Waals surface area (Å²) in [7, 11) is 1.05. The number of carbonyl (C=O) groups excluding carboxylic acids is 1. The Morgan fingerprint density at radius 1 is 1.03 bits per heavy atom. The number of rotatable bonds is 5. The van der Waals surface area contributed by atoms with Crippen molar-refractivity contribution in [3.63, 3.8) is 0 Å². The Morgan fingerprint density at radius 3 is 2.36 bits per heavy atom. The van der Waals surface area contributed by atoms with Crippen molar-refractivity contribution in [1.29, 1.82) is 0 Å². The van der Waals surface area contributed by atoms with Gasteiger partial charge in [-0.05, 0) is 42.5 Å². The zero-order chi connectivity index (χ0) is 26.2. The van der Waals surface area contributed by atoms with Crippen LogP contribution in [-0.2, 0) is 14.3 Å². The van der Waals surface area contributed by atoms with Crippen LogP contribution in [-0.4, -0.2) is 70.4 Å². The molecule has 0 saturated carbocycles. The third-order valence-electron chi connectivity index (χ3n) is 5.53. The predicted octanol–water partition coefficient (Wildman–Crippen LogP) is 2.91. The molecule has 1 aliphatic heterocycles. The first-order valence-corrected chi connectivity index (χ1v) is 10.9. The predicted molar refractivity (Wildman–Crippen MR) is 121 cm³/mol. The first-order chi connectivity index (χ1) is 17.0. The van der Waals surface area contributed by atoms with Crippen LogP contribution >= 0.6 is 11.6 Å². The minimum atomic E-state index is -4.91. The highest BCUT2D eigenvalue weighted by molar-refractivity contribution is 6.35. The second kappa shape index (κ2) is 10.1. The zero-order valence-electron chi connectivity index (χ0n) is 18.5. The zero-order valence-corrected chi connectivity index (χ0v) is 19.2. The fourth-order valence-corrected chi connectivity index (χ4v) is 4.06. The topological polar surface area (TPSA) is 122 Å². The number of hydrogen-bond acceptors (Lipinski definition) is 9. The largest absolute Gasteiger partial charge is 0.573 e. The summed E-state index contributed by atoms with van der Waals surface area (Å²) >= 11 is 6.28. The summed E-state index contributed by atoms with van der Waals surface area (Å²) in [4.78, 5) is 17.9. The molecule has 0 amide bonds. The van der Waals surface area contributed by atoms with Gasteiger partial charge in [0.1, 0.15) is 29.9 Å². The molecular weight excluding hydrogens is 509 g/mol. The first kappa shape index (κ1) is 25.9. The molecule has 1 aromatic heterocycles. The van der Waals surface area contributed by atoms with E-state index in [0.717, 1.165) is 19.2 Å². The molecule has 0 radical (unpaired) electrons. The van der Waals surface area contributed by atoms with Gasteiger partial charge in [0.2, 0.25) is 0 Å². The van der Waals surface area contributed by atoms with Gasteiger partial charge in [-0.15, -0.1) is 13.2 Å². The maximum atomic E-state index is 12.6. The number of alkyl halides is 3. The second-order valence-electron chi connectivity index (χ2n) is 7.83. The van der Waals surface area contributed by atoms with Crippen LogP contribution in [0, 0.1) is 0 Å². The molecule has 1 saturated heterocycles. The molecule has 2 heterocycles. The Balaban J connectivity index is 1.82. The third-order valence-corrected chi connectivity index (χ3v) is 5.83. The number of aliphatic hydroxyl groups is 3. The molecule has 0 bridgehead atoms. The lowest BCUT2D eigenvalue weighted by molar-refractivity contribution is -0.274. The molecule has 13 heteroatoms. The molecule has 9 nitrogen and oxygen atoms in total. The summed E-state index contributed by atoms with van der Waals surface area (Å²) in [5.41, 5.74) is 0.522. The lowest BCUT2D eigenvalue weighted by Gasteiger charge is -2.44. The minimum Gasteiger partial charge on any atom is -0.467 e. The third kappa shape index (κ3) is 5.18. The van der Waals surface area contributed by atoms with E-state index in [2.05, 4.69) is 14.5 Å². The molecule has 2 aromatic carbocycles. The molecule has 1 fully saturated rings. The fourth-order valence-electron chi connectivity index (χ4n) is 3.84. The van der Waals surface area contributed by atoms with Gasteiger partial charge >= 0.3 is 12.3 Å². The Hall–Kier alpha value is -3.16. The molecule has 5 atom stereocenters. The van der Waals surface area contributed by atoms with Crippen LogP contribution in [0.4, 0.5) is 24.7 Å². The highest BCUT2D eigenvalue weighted by Crippen LogP contribution is 2.36. The van der Waals surface area contributed by atoms with Gasteiger partial charge in [-0.1, -0.05) is 23.7 Å². The van der Waals surface area contributed by atoms with Crippen molar-refractivity contribution in [2.24, 2.45) is 0 Å².